The van der Waals surface area contributed by atoms with Crippen LogP contribution < -0.4 is 0 Å². The van der Waals surface area contributed by atoms with Gasteiger partial charge < -0.3 is 10.0 Å². The highest BCUT2D eigenvalue weighted by molar-refractivity contribution is 7.10. The van der Waals surface area contributed by atoms with Crippen LogP contribution in [0.1, 0.15) is 34.1 Å². The molecular formula is C16H17N3O3S. The molecule has 120 valence electrons. The van der Waals surface area contributed by atoms with E-state index in [0.717, 1.165) is 24.3 Å². The maximum absolute atomic E-state index is 12.3. The summed E-state index contributed by atoms with van der Waals surface area (Å²) >= 11 is 1.59. The Kier molecular flexibility index (Phi) is 4.57. The molecule has 0 radical (unpaired) electrons. The molecule has 2 aromatic rings. The van der Waals surface area contributed by atoms with Crippen LogP contribution in [0.15, 0.2) is 36.0 Å². The molecule has 0 saturated carbocycles. The van der Waals surface area contributed by atoms with E-state index in [9.17, 15) is 9.59 Å². The van der Waals surface area contributed by atoms with Gasteiger partial charge in [0.1, 0.15) is 0 Å². The normalized spacial score (nSPS) is 18.4. The molecule has 1 aliphatic heterocycles. The predicted molar refractivity (Wildman–Crippen MR) is 87.4 cm³/mol. The maximum Gasteiger partial charge on any atom is 0.338 e. The van der Waals surface area contributed by atoms with E-state index >= 15 is 0 Å². The fraction of sp³-hybridized carbons (Fsp3) is 0.312. The number of carboxylic acid groups (broad SMARTS) is 1. The molecule has 0 aliphatic carbocycles. The standard InChI is InChI=1S/C16H17N3O3S/c20-15(6-5-14-4-2-8-23-14)18-7-1-3-13(11-18)19-10-12(9-17-19)16(21)22/h2,4-6,8-10,13H,1,3,7,11H2,(H,21,22). The molecule has 1 amide bonds. The summed E-state index contributed by atoms with van der Waals surface area (Å²) in [6.45, 7) is 1.27. The summed E-state index contributed by atoms with van der Waals surface area (Å²) in [4.78, 5) is 26.1. The summed E-state index contributed by atoms with van der Waals surface area (Å²) in [6.07, 6.45) is 8.07. The van der Waals surface area contributed by atoms with Gasteiger partial charge in [-0.3, -0.25) is 9.48 Å². The number of rotatable bonds is 4. The Bertz CT molecular complexity index is 721. The number of carbonyl (C=O) groups excluding carboxylic acids is 1. The van der Waals surface area contributed by atoms with E-state index in [1.165, 1.54) is 12.4 Å². The Morgan fingerprint density at radius 3 is 3.00 bits per heavy atom. The van der Waals surface area contributed by atoms with Crippen molar-refractivity contribution in [1.82, 2.24) is 14.7 Å². The fourth-order valence-corrected chi connectivity index (χ4v) is 3.28. The van der Waals surface area contributed by atoms with E-state index in [-0.39, 0.29) is 17.5 Å². The molecule has 1 atom stereocenters. The quantitative estimate of drug-likeness (QED) is 0.874. The van der Waals surface area contributed by atoms with Crippen molar-refractivity contribution in [1.29, 1.82) is 0 Å². The monoisotopic (exact) mass is 331 g/mol. The minimum atomic E-state index is -0.987. The zero-order valence-corrected chi connectivity index (χ0v) is 13.3. The third-order valence-electron chi connectivity index (χ3n) is 3.86. The number of carboxylic acids is 1. The Hall–Kier alpha value is -2.41. The second-order valence-corrected chi connectivity index (χ2v) is 6.42. The van der Waals surface area contributed by atoms with E-state index < -0.39 is 5.97 Å². The molecule has 0 bridgehead atoms. The molecule has 23 heavy (non-hydrogen) atoms. The number of amides is 1. The summed E-state index contributed by atoms with van der Waals surface area (Å²) in [5, 5.41) is 15.1. The number of thiophene rings is 1. The van der Waals surface area contributed by atoms with Crippen molar-refractivity contribution in [3.8, 4) is 0 Å². The average Bonchev–Trinajstić information content (AvgIpc) is 3.24. The molecule has 1 fully saturated rings. The first kappa shape index (κ1) is 15.5. The summed E-state index contributed by atoms with van der Waals surface area (Å²) < 4.78 is 1.66. The summed E-state index contributed by atoms with van der Waals surface area (Å²) in [7, 11) is 0. The number of piperidine rings is 1. The lowest BCUT2D eigenvalue weighted by Gasteiger charge is -2.32. The van der Waals surface area contributed by atoms with Gasteiger partial charge >= 0.3 is 5.97 Å². The minimum Gasteiger partial charge on any atom is -0.478 e. The average molecular weight is 331 g/mol. The Labute approximate surface area is 137 Å². The lowest BCUT2D eigenvalue weighted by atomic mass is 10.1. The van der Waals surface area contributed by atoms with Gasteiger partial charge in [-0.2, -0.15) is 5.10 Å². The number of carbonyl (C=O) groups is 2. The Morgan fingerprint density at radius 2 is 2.30 bits per heavy atom. The second kappa shape index (κ2) is 6.78. The maximum atomic E-state index is 12.3. The van der Waals surface area contributed by atoms with Gasteiger partial charge in [0, 0.05) is 30.2 Å². The van der Waals surface area contributed by atoms with E-state index in [4.69, 9.17) is 5.11 Å². The number of aromatic carboxylic acids is 1. The van der Waals surface area contributed by atoms with Gasteiger partial charge in [0.05, 0.1) is 17.8 Å². The molecule has 0 aromatic carbocycles. The van der Waals surface area contributed by atoms with Gasteiger partial charge in [-0.05, 0) is 30.4 Å². The first-order valence-electron chi connectivity index (χ1n) is 7.41. The Balaban J connectivity index is 1.65. The van der Waals surface area contributed by atoms with Crippen LogP contribution in [-0.2, 0) is 4.79 Å². The third-order valence-corrected chi connectivity index (χ3v) is 4.70. The van der Waals surface area contributed by atoms with Crippen molar-refractivity contribution in [3.63, 3.8) is 0 Å². The van der Waals surface area contributed by atoms with Gasteiger partial charge in [-0.1, -0.05) is 6.07 Å². The Morgan fingerprint density at radius 1 is 1.43 bits per heavy atom. The van der Waals surface area contributed by atoms with Crippen LogP contribution >= 0.6 is 11.3 Å². The van der Waals surface area contributed by atoms with Crippen LogP contribution in [0.25, 0.3) is 6.08 Å². The third kappa shape index (κ3) is 3.68. The van der Waals surface area contributed by atoms with Crippen molar-refractivity contribution >= 4 is 29.3 Å². The van der Waals surface area contributed by atoms with Gasteiger partial charge in [-0.15, -0.1) is 11.3 Å². The van der Waals surface area contributed by atoms with Crippen LogP contribution in [0, 0.1) is 0 Å². The second-order valence-electron chi connectivity index (χ2n) is 5.44. The molecule has 2 aromatic heterocycles. The van der Waals surface area contributed by atoms with E-state index in [1.807, 2.05) is 23.6 Å². The van der Waals surface area contributed by atoms with Crippen LogP contribution in [0.4, 0.5) is 0 Å². The lowest BCUT2D eigenvalue weighted by Crippen LogP contribution is -2.40. The van der Waals surface area contributed by atoms with Gasteiger partial charge in [0.2, 0.25) is 5.91 Å². The highest BCUT2D eigenvalue weighted by atomic mass is 32.1. The molecular weight excluding hydrogens is 314 g/mol. The summed E-state index contributed by atoms with van der Waals surface area (Å²) in [5.41, 5.74) is 0.172. The van der Waals surface area contributed by atoms with Crippen LogP contribution in [-0.4, -0.2) is 44.8 Å². The molecule has 3 rings (SSSR count). The first-order valence-corrected chi connectivity index (χ1v) is 8.29. The SMILES string of the molecule is O=C(O)c1cnn(C2CCCN(C(=O)C=Cc3cccs3)C2)c1. The molecule has 7 heteroatoms. The molecule has 3 heterocycles. The smallest absolute Gasteiger partial charge is 0.338 e. The number of nitrogens with zero attached hydrogens (tertiary/aromatic N) is 3. The number of aromatic nitrogens is 2. The number of likely N-dealkylation sites (tertiary alicyclic amines) is 1. The largest absolute Gasteiger partial charge is 0.478 e. The van der Waals surface area contributed by atoms with Gasteiger partial charge in [0.25, 0.3) is 0 Å². The fourth-order valence-electron chi connectivity index (χ4n) is 2.66. The summed E-state index contributed by atoms with van der Waals surface area (Å²) in [5.74, 6) is -1.01. The molecule has 0 spiro atoms. The van der Waals surface area contributed by atoms with Crippen molar-refractivity contribution < 1.29 is 14.7 Å². The molecule has 1 unspecified atom stereocenters. The highest BCUT2D eigenvalue weighted by Gasteiger charge is 2.24. The molecule has 1 saturated heterocycles. The van der Waals surface area contributed by atoms with Crippen molar-refractivity contribution in [2.24, 2.45) is 0 Å². The zero-order valence-electron chi connectivity index (χ0n) is 12.5. The molecule has 1 N–H and O–H groups in total. The van der Waals surface area contributed by atoms with Crippen molar-refractivity contribution in [3.05, 3.63) is 46.4 Å². The van der Waals surface area contributed by atoms with Gasteiger partial charge in [-0.25, -0.2) is 4.79 Å². The highest BCUT2D eigenvalue weighted by Crippen LogP contribution is 2.22. The first-order chi connectivity index (χ1) is 11.1. The van der Waals surface area contributed by atoms with E-state index in [2.05, 4.69) is 5.10 Å². The number of hydrogen-bond donors (Lipinski definition) is 1. The molecule has 1 aliphatic rings. The minimum absolute atomic E-state index is 0.0197. The lowest BCUT2D eigenvalue weighted by molar-refractivity contribution is -0.127. The van der Waals surface area contributed by atoms with E-state index in [0.29, 0.717) is 6.54 Å². The van der Waals surface area contributed by atoms with Crippen LogP contribution in [0.5, 0.6) is 0 Å². The number of hydrogen-bond acceptors (Lipinski definition) is 4. The van der Waals surface area contributed by atoms with Crippen molar-refractivity contribution in [2.45, 2.75) is 18.9 Å². The van der Waals surface area contributed by atoms with Crippen LogP contribution in [0.2, 0.25) is 0 Å². The van der Waals surface area contributed by atoms with Crippen molar-refractivity contribution in [2.75, 3.05) is 13.1 Å². The predicted octanol–water partition coefficient (Wildman–Crippen LogP) is 2.52. The topological polar surface area (TPSA) is 75.4 Å². The van der Waals surface area contributed by atoms with E-state index in [1.54, 1.807) is 27.0 Å². The van der Waals surface area contributed by atoms with Crippen LogP contribution in [0.3, 0.4) is 0 Å². The summed E-state index contributed by atoms with van der Waals surface area (Å²) in [6, 6.07) is 3.93. The van der Waals surface area contributed by atoms with Gasteiger partial charge in [0.15, 0.2) is 0 Å². The molecule has 6 nitrogen and oxygen atoms in total. The zero-order chi connectivity index (χ0) is 16.2.